The number of para-hydroxylation sites is 4. The Labute approximate surface area is 373 Å². The largest absolute Gasteiger partial charge is 0.333 e. The van der Waals surface area contributed by atoms with Gasteiger partial charge in [-0.15, -0.1) is 0 Å². The Kier molecular flexibility index (Phi) is 9.41. The van der Waals surface area contributed by atoms with E-state index >= 15 is 0 Å². The van der Waals surface area contributed by atoms with E-state index < -0.39 is 0 Å². The van der Waals surface area contributed by atoms with Crippen molar-refractivity contribution in [2.24, 2.45) is 0 Å². The maximum atomic E-state index is 2.52. The molecule has 2 heterocycles. The van der Waals surface area contributed by atoms with Crippen molar-refractivity contribution in [3.8, 4) is 11.1 Å². The summed E-state index contributed by atoms with van der Waals surface area (Å²) >= 11 is 0. The normalized spacial score (nSPS) is 14.8. The lowest BCUT2D eigenvalue weighted by molar-refractivity contribution is 0.648. The van der Waals surface area contributed by atoms with Gasteiger partial charge in [0.2, 0.25) is 0 Å². The highest BCUT2D eigenvalue weighted by molar-refractivity contribution is 6.12. The predicted molar refractivity (Wildman–Crippen MR) is 272 cm³/mol. The molecular formula is C60H46N4. The summed E-state index contributed by atoms with van der Waals surface area (Å²) in [5.74, 6) is 0. The number of allylic oxidation sites excluding steroid dienone is 8. The summed E-state index contributed by atoms with van der Waals surface area (Å²) in [6.07, 6.45) is 19.0. The van der Waals surface area contributed by atoms with E-state index in [0.29, 0.717) is 0 Å². The van der Waals surface area contributed by atoms with Crippen LogP contribution in [0.4, 0.5) is 34.1 Å². The Morgan fingerprint density at radius 1 is 0.391 bits per heavy atom. The summed E-state index contributed by atoms with van der Waals surface area (Å²) < 4.78 is 4.96. The summed E-state index contributed by atoms with van der Waals surface area (Å²) in [6.45, 7) is 0. The topological polar surface area (TPSA) is 16.3 Å². The van der Waals surface area contributed by atoms with Crippen LogP contribution in [0, 0.1) is 0 Å². The zero-order valence-electron chi connectivity index (χ0n) is 35.5. The van der Waals surface area contributed by atoms with E-state index in [0.717, 1.165) is 53.4 Å². The molecule has 0 saturated heterocycles. The molecule has 8 aromatic carbocycles. The van der Waals surface area contributed by atoms with Gasteiger partial charge in [0, 0.05) is 66.9 Å². The molecule has 1 unspecified atom stereocenters. The highest BCUT2D eigenvalue weighted by Crippen LogP contribution is 2.43. The van der Waals surface area contributed by atoms with Gasteiger partial charge >= 0.3 is 0 Å². The summed E-state index contributed by atoms with van der Waals surface area (Å²) in [7, 11) is 0. The molecule has 0 spiro atoms. The first kappa shape index (κ1) is 37.7. The second-order valence-electron chi connectivity index (χ2n) is 16.8. The van der Waals surface area contributed by atoms with Crippen molar-refractivity contribution < 1.29 is 0 Å². The van der Waals surface area contributed by atoms with Gasteiger partial charge in [0.25, 0.3) is 0 Å². The third kappa shape index (κ3) is 6.54. The Hall–Kier alpha value is -8.08. The molecule has 64 heavy (non-hydrogen) atoms. The zero-order valence-corrected chi connectivity index (χ0v) is 35.5. The summed E-state index contributed by atoms with van der Waals surface area (Å²) in [5, 5.41) is 5.09. The van der Waals surface area contributed by atoms with Crippen molar-refractivity contribution in [3.05, 3.63) is 237 Å². The Balaban J connectivity index is 0.906. The third-order valence-corrected chi connectivity index (χ3v) is 13.0. The molecule has 2 aliphatic carbocycles. The number of benzene rings is 8. The standard InChI is InChI=1S/C60H46N4/c1-5-17-45(18-6-1)61(51-37-39-55-53-25-13-15-27-57(53)63(59(55)41-51)47-21-9-3-10-22-47)49-33-29-43(30-34-49)44-31-35-50(36-32-44)62(46-19-7-2-8-20-46)52-38-40-56-54-26-14-16-28-58(54)64(60(56)42-52)48-23-11-4-12-24-48/h1-3,5-11,13-21,23-42,47H,4,12,22H2. The fraction of sp³-hybridized carbons (Fsp3) is 0.0667. The monoisotopic (exact) mass is 822 g/mol. The molecule has 0 amide bonds. The van der Waals surface area contributed by atoms with Gasteiger partial charge in [-0.3, -0.25) is 0 Å². The maximum absolute atomic E-state index is 2.52. The van der Waals surface area contributed by atoms with Gasteiger partial charge < -0.3 is 18.9 Å². The lowest BCUT2D eigenvalue weighted by Crippen LogP contribution is -2.11. The molecule has 0 N–H and O–H groups in total. The van der Waals surface area contributed by atoms with Gasteiger partial charge in [-0.25, -0.2) is 0 Å². The van der Waals surface area contributed by atoms with Crippen LogP contribution in [-0.4, -0.2) is 9.13 Å². The quantitative estimate of drug-likeness (QED) is 0.144. The second-order valence-corrected chi connectivity index (χ2v) is 16.8. The van der Waals surface area contributed by atoms with Crippen LogP contribution in [0.3, 0.4) is 0 Å². The van der Waals surface area contributed by atoms with Crippen LogP contribution in [0.2, 0.25) is 0 Å². The molecule has 2 aliphatic rings. The average Bonchev–Trinajstić information content (AvgIpc) is 3.88. The molecule has 0 radical (unpaired) electrons. The van der Waals surface area contributed by atoms with Crippen LogP contribution in [-0.2, 0) is 0 Å². The fourth-order valence-electron chi connectivity index (χ4n) is 10.0. The van der Waals surface area contributed by atoms with Crippen molar-refractivity contribution >= 4 is 83.4 Å². The molecule has 4 nitrogen and oxygen atoms in total. The summed E-state index contributed by atoms with van der Waals surface area (Å²) in [6, 6.07) is 71.2. The van der Waals surface area contributed by atoms with Crippen molar-refractivity contribution in [1.82, 2.24) is 9.13 Å². The van der Waals surface area contributed by atoms with Gasteiger partial charge in [0.15, 0.2) is 0 Å². The lowest BCUT2D eigenvalue weighted by Gasteiger charge is -2.27. The fourth-order valence-corrected chi connectivity index (χ4v) is 10.0. The van der Waals surface area contributed by atoms with E-state index in [4.69, 9.17) is 0 Å². The average molecular weight is 823 g/mol. The van der Waals surface area contributed by atoms with E-state index in [1.54, 1.807) is 0 Å². The number of anilines is 6. The van der Waals surface area contributed by atoms with Crippen LogP contribution in [0.15, 0.2) is 237 Å². The molecule has 0 bridgehead atoms. The lowest BCUT2D eigenvalue weighted by atomic mass is 10.0. The summed E-state index contributed by atoms with van der Waals surface area (Å²) in [4.78, 5) is 4.74. The molecule has 1 atom stereocenters. The minimum atomic E-state index is 0.261. The molecule has 306 valence electrons. The number of fused-ring (bicyclic) bond motifs is 6. The molecule has 0 aliphatic heterocycles. The minimum Gasteiger partial charge on any atom is -0.333 e. The van der Waals surface area contributed by atoms with Gasteiger partial charge in [0.1, 0.15) is 0 Å². The molecule has 0 fully saturated rings. The number of hydrogen-bond donors (Lipinski definition) is 0. The first-order valence-electron chi connectivity index (χ1n) is 22.4. The van der Waals surface area contributed by atoms with Gasteiger partial charge in [-0.05, 0) is 121 Å². The van der Waals surface area contributed by atoms with Crippen molar-refractivity contribution in [1.29, 1.82) is 0 Å². The number of rotatable bonds is 9. The number of nitrogens with zero attached hydrogens (tertiary/aromatic N) is 4. The molecule has 12 rings (SSSR count). The van der Waals surface area contributed by atoms with E-state index in [-0.39, 0.29) is 6.04 Å². The highest BCUT2D eigenvalue weighted by Gasteiger charge is 2.21. The minimum absolute atomic E-state index is 0.261. The van der Waals surface area contributed by atoms with E-state index in [2.05, 4.69) is 256 Å². The number of aromatic nitrogens is 2. The summed E-state index contributed by atoms with van der Waals surface area (Å²) in [5.41, 5.74) is 15.2. The second kappa shape index (κ2) is 16.0. The van der Waals surface area contributed by atoms with Crippen molar-refractivity contribution in [2.45, 2.75) is 25.3 Å². The molecule has 0 saturated carbocycles. The smallest absolute Gasteiger partial charge is 0.0561 e. The Morgan fingerprint density at radius 2 is 0.891 bits per heavy atom. The van der Waals surface area contributed by atoms with Gasteiger partial charge in [-0.2, -0.15) is 0 Å². The van der Waals surface area contributed by atoms with Gasteiger partial charge in [0.05, 0.1) is 22.6 Å². The molecule has 4 heteroatoms. The van der Waals surface area contributed by atoms with E-state index in [9.17, 15) is 0 Å². The van der Waals surface area contributed by atoms with E-state index in [1.807, 2.05) is 0 Å². The first-order chi connectivity index (χ1) is 31.8. The zero-order chi connectivity index (χ0) is 42.4. The number of hydrogen-bond acceptors (Lipinski definition) is 2. The van der Waals surface area contributed by atoms with Gasteiger partial charge in [-0.1, -0.05) is 146 Å². The van der Waals surface area contributed by atoms with Crippen LogP contribution in [0.1, 0.15) is 25.3 Å². The van der Waals surface area contributed by atoms with Crippen LogP contribution in [0.25, 0.3) is 60.4 Å². The van der Waals surface area contributed by atoms with Crippen molar-refractivity contribution in [2.75, 3.05) is 9.80 Å². The maximum Gasteiger partial charge on any atom is 0.0561 e. The van der Waals surface area contributed by atoms with Crippen LogP contribution >= 0.6 is 0 Å². The first-order valence-corrected chi connectivity index (χ1v) is 22.4. The molecular weight excluding hydrogens is 777 g/mol. The van der Waals surface area contributed by atoms with Crippen LogP contribution < -0.4 is 9.80 Å². The Morgan fingerprint density at radius 3 is 1.47 bits per heavy atom. The SMILES string of the molecule is C1=CCC(n2c3ccccc3c3ccc(N(c4ccccc4)c4ccc(-c5ccc(N(c6ccccc6)c6ccc7c8ccccc8n(C8=CCCC=C8)c7c6)cc5)cc4)cc32)C=C1. The predicted octanol–water partition coefficient (Wildman–Crippen LogP) is 16.8. The third-order valence-electron chi connectivity index (χ3n) is 13.0. The molecule has 2 aromatic heterocycles. The van der Waals surface area contributed by atoms with Crippen molar-refractivity contribution in [3.63, 3.8) is 0 Å². The highest BCUT2D eigenvalue weighted by atomic mass is 15.2. The van der Waals surface area contributed by atoms with Crippen LogP contribution in [0.5, 0.6) is 0 Å². The van der Waals surface area contributed by atoms with E-state index in [1.165, 1.54) is 60.4 Å². The Bertz CT molecular complexity index is 3460. The molecule has 10 aromatic rings.